The van der Waals surface area contributed by atoms with Crippen LogP contribution in [-0.4, -0.2) is 39.6 Å². The maximum atomic E-state index is 12.5. The van der Waals surface area contributed by atoms with E-state index in [9.17, 15) is 4.79 Å². The molecular formula is C22H23Cl2N5O3. The fourth-order valence-electron chi connectivity index (χ4n) is 2.72. The zero-order valence-corrected chi connectivity index (χ0v) is 19.4. The number of esters is 1. The Labute approximate surface area is 196 Å². The van der Waals surface area contributed by atoms with Gasteiger partial charge in [-0.1, -0.05) is 58.7 Å². The normalized spacial score (nSPS) is 11.5. The van der Waals surface area contributed by atoms with E-state index in [0.717, 1.165) is 5.56 Å². The zero-order valence-electron chi connectivity index (χ0n) is 17.9. The Hall–Kier alpha value is -3.10. The van der Waals surface area contributed by atoms with Gasteiger partial charge >= 0.3 is 5.97 Å². The average Bonchev–Trinajstić information content (AvgIpc) is 3.12. The van der Waals surface area contributed by atoms with Crippen molar-refractivity contribution in [2.75, 3.05) is 11.9 Å². The summed E-state index contributed by atoms with van der Waals surface area (Å²) in [6.45, 7) is 6.07. The minimum Gasteiger partial charge on any atom is -0.461 e. The van der Waals surface area contributed by atoms with Gasteiger partial charge in [-0.25, -0.2) is 14.5 Å². The molecule has 0 atom stereocenters. The van der Waals surface area contributed by atoms with Crippen LogP contribution in [0.4, 0.5) is 5.82 Å². The summed E-state index contributed by atoms with van der Waals surface area (Å²) in [6, 6.07) is 14.5. The lowest BCUT2D eigenvalue weighted by atomic mass is 10.2. The molecule has 0 spiro atoms. The SMILES string of the molecule is CCOC(=O)c1nnn(Cc2ccccc2)c1NC(=NC(C)C)Oc1ccc(Cl)cc1Cl. The molecular weight excluding hydrogens is 453 g/mol. The number of hydrogen-bond acceptors (Lipinski definition) is 6. The lowest BCUT2D eigenvalue weighted by Crippen LogP contribution is -2.25. The third-order valence-corrected chi connectivity index (χ3v) is 4.61. The molecule has 1 heterocycles. The zero-order chi connectivity index (χ0) is 23.1. The Kier molecular flexibility index (Phi) is 8.08. The molecule has 0 saturated heterocycles. The van der Waals surface area contributed by atoms with E-state index in [1.807, 2.05) is 44.2 Å². The van der Waals surface area contributed by atoms with Gasteiger partial charge in [0.1, 0.15) is 5.75 Å². The standard InChI is InChI=1S/C22H23Cl2N5O3/c1-4-31-21(30)19-20(29(28-27-19)13-15-8-6-5-7-9-15)26-22(25-14(2)3)32-18-11-10-16(23)12-17(18)24/h5-12,14H,4,13H2,1-3H3,(H,25,26). The first-order chi connectivity index (χ1) is 15.4. The molecule has 0 saturated carbocycles. The van der Waals surface area contributed by atoms with E-state index in [1.165, 1.54) is 0 Å². The monoisotopic (exact) mass is 475 g/mol. The van der Waals surface area contributed by atoms with Crippen molar-refractivity contribution in [1.29, 1.82) is 0 Å². The molecule has 10 heteroatoms. The number of rotatable bonds is 7. The van der Waals surface area contributed by atoms with Gasteiger partial charge in [-0.2, -0.15) is 0 Å². The van der Waals surface area contributed by atoms with Crippen LogP contribution in [0.25, 0.3) is 0 Å². The fourth-order valence-corrected chi connectivity index (χ4v) is 3.17. The van der Waals surface area contributed by atoms with Crippen LogP contribution >= 0.6 is 23.2 Å². The van der Waals surface area contributed by atoms with Crippen molar-refractivity contribution >= 4 is 41.0 Å². The number of halogens is 2. The number of aromatic nitrogens is 3. The number of carbonyl (C=O) groups excluding carboxylic acids is 1. The van der Waals surface area contributed by atoms with Crippen molar-refractivity contribution < 1.29 is 14.3 Å². The summed E-state index contributed by atoms with van der Waals surface area (Å²) in [6.07, 6.45) is 0. The molecule has 32 heavy (non-hydrogen) atoms. The number of nitrogens with zero attached hydrogens (tertiary/aromatic N) is 4. The van der Waals surface area contributed by atoms with Crippen LogP contribution in [0, 0.1) is 0 Å². The minimum absolute atomic E-state index is 0.0186. The number of amidine groups is 1. The maximum absolute atomic E-state index is 12.5. The Morgan fingerprint density at radius 3 is 2.59 bits per heavy atom. The highest BCUT2D eigenvalue weighted by molar-refractivity contribution is 6.35. The first-order valence-corrected chi connectivity index (χ1v) is 10.7. The summed E-state index contributed by atoms with van der Waals surface area (Å²) in [7, 11) is 0. The molecule has 0 radical (unpaired) electrons. The van der Waals surface area contributed by atoms with Gasteiger partial charge in [0.05, 0.1) is 18.2 Å². The molecule has 0 aliphatic rings. The predicted molar refractivity (Wildman–Crippen MR) is 125 cm³/mol. The number of benzene rings is 2. The molecule has 0 fully saturated rings. The second kappa shape index (κ2) is 11.0. The quantitative estimate of drug-likeness (QED) is 0.291. The van der Waals surface area contributed by atoms with Gasteiger partial charge in [-0.15, -0.1) is 5.10 Å². The van der Waals surface area contributed by atoms with Crippen LogP contribution in [-0.2, 0) is 11.3 Å². The molecule has 0 aliphatic heterocycles. The van der Waals surface area contributed by atoms with Gasteiger partial charge in [-0.3, -0.25) is 5.32 Å². The first kappa shape index (κ1) is 23.6. The molecule has 2 aromatic carbocycles. The Morgan fingerprint density at radius 1 is 1.19 bits per heavy atom. The number of carbonyl (C=O) groups is 1. The second-order valence-electron chi connectivity index (χ2n) is 6.98. The molecule has 3 aromatic rings. The maximum Gasteiger partial charge on any atom is 0.362 e. The van der Waals surface area contributed by atoms with Crippen molar-refractivity contribution in [3.8, 4) is 5.75 Å². The summed E-state index contributed by atoms with van der Waals surface area (Å²) in [5, 5.41) is 12.0. The molecule has 0 unspecified atom stereocenters. The van der Waals surface area contributed by atoms with Crippen molar-refractivity contribution in [2.45, 2.75) is 33.4 Å². The third kappa shape index (κ3) is 6.21. The number of ether oxygens (including phenoxy) is 2. The van der Waals surface area contributed by atoms with Crippen LogP contribution in [0.15, 0.2) is 53.5 Å². The van der Waals surface area contributed by atoms with Gasteiger partial charge in [0.25, 0.3) is 6.02 Å². The van der Waals surface area contributed by atoms with Crippen molar-refractivity contribution in [3.05, 3.63) is 69.8 Å². The molecule has 0 aliphatic carbocycles. The minimum atomic E-state index is -0.609. The van der Waals surface area contributed by atoms with E-state index in [2.05, 4.69) is 20.6 Å². The number of hydrogen-bond donors (Lipinski definition) is 1. The second-order valence-corrected chi connectivity index (χ2v) is 7.82. The molecule has 1 aromatic heterocycles. The molecule has 1 N–H and O–H groups in total. The number of aliphatic imine (C=N–C) groups is 1. The summed E-state index contributed by atoms with van der Waals surface area (Å²) in [4.78, 5) is 17.0. The number of anilines is 1. The van der Waals surface area contributed by atoms with Crippen molar-refractivity contribution in [1.82, 2.24) is 15.0 Å². The predicted octanol–water partition coefficient (Wildman–Crippen LogP) is 5.07. The highest BCUT2D eigenvalue weighted by atomic mass is 35.5. The van der Waals surface area contributed by atoms with Crippen LogP contribution in [0.2, 0.25) is 10.0 Å². The van der Waals surface area contributed by atoms with E-state index in [1.54, 1.807) is 29.8 Å². The van der Waals surface area contributed by atoms with Crippen molar-refractivity contribution in [3.63, 3.8) is 0 Å². The van der Waals surface area contributed by atoms with E-state index < -0.39 is 5.97 Å². The number of nitrogens with one attached hydrogen (secondary N) is 1. The van der Waals surface area contributed by atoms with Gasteiger partial charge in [0, 0.05) is 11.1 Å². The Morgan fingerprint density at radius 2 is 1.94 bits per heavy atom. The van der Waals surface area contributed by atoms with E-state index in [-0.39, 0.29) is 30.2 Å². The third-order valence-electron chi connectivity index (χ3n) is 4.08. The molecule has 8 nitrogen and oxygen atoms in total. The van der Waals surface area contributed by atoms with Gasteiger partial charge in [-0.05, 0) is 44.5 Å². The first-order valence-electron chi connectivity index (χ1n) is 9.99. The summed E-state index contributed by atoms with van der Waals surface area (Å²) >= 11 is 12.2. The van der Waals surface area contributed by atoms with E-state index in [4.69, 9.17) is 32.7 Å². The van der Waals surface area contributed by atoms with Gasteiger partial charge in [0.2, 0.25) is 5.69 Å². The van der Waals surface area contributed by atoms with Crippen molar-refractivity contribution in [2.24, 2.45) is 4.99 Å². The smallest absolute Gasteiger partial charge is 0.362 e. The highest BCUT2D eigenvalue weighted by Gasteiger charge is 2.23. The van der Waals surface area contributed by atoms with Gasteiger partial charge < -0.3 is 9.47 Å². The molecule has 0 bridgehead atoms. The van der Waals surface area contributed by atoms with E-state index >= 15 is 0 Å². The molecule has 0 amide bonds. The lowest BCUT2D eigenvalue weighted by molar-refractivity contribution is 0.0520. The topological polar surface area (TPSA) is 90.6 Å². The Balaban J connectivity index is 1.97. The Bertz CT molecular complexity index is 1100. The average molecular weight is 476 g/mol. The summed E-state index contributed by atoms with van der Waals surface area (Å²) in [5.74, 6) is 0.0299. The summed E-state index contributed by atoms with van der Waals surface area (Å²) in [5.41, 5.74) is 0.991. The highest BCUT2D eigenvalue weighted by Crippen LogP contribution is 2.28. The van der Waals surface area contributed by atoms with Crippen LogP contribution in [0.5, 0.6) is 5.75 Å². The van der Waals surface area contributed by atoms with Crippen LogP contribution in [0.3, 0.4) is 0 Å². The summed E-state index contributed by atoms with van der Waals surface area (Å²) < 4.78 is 12.6. The molecule has 168 valence electrons. The fraction of sp³-hybridized carbons (Fsp3) is 0.273. The van der Waals surface area contributed by atoms with Gasteiger partial charge in [0.15, 0.2) is 5.82 Å². The lowest BCUT2D eigenvalue weighted by Gasteiger charge is -2.15. The largest absolute Gasteiger partial charge is 0.461 e. The molecule has 3 rings (SSSR count). The van der Waals surface area contributed by atoms with E-state index in [0.29, 0.717) is 22.3 Å². The van der Waals surface area contributed by atoms with Crippen LogP contribution < -0.4 is 10.1 Å². The van der Waals surface area contributed by atoms with Crippen LogP contribution in [0.1, 0.15) is 36.8 Å².